The molecular formula is C23H25N5OS2. The molecule has 3 heterocycles. The Kier molecular flexibility index (Phi) is 5.67. The topological polar surface area (TPSA) is 72.2 Å². The van der Waals surface area contributed by atoms with E-state index in [9.17, 15) is 4.79 Å². The Morgan fingerprint density at radius 2 is 2.13 bits per heavy atom. The van der Waals surface area contributed by atoms with Gasteiger partial charge in [-0.25, -0.2) is 4.98 Å². The quantitative estimate of drug-likeness (QED) is 0.439. The lowest BCUT2D eigenvalue weighted by atomic mass is 9.89. The average Bonchev–Trinajstić information content (AvgIpc) is 3.36. The summed E-state index contributed by atoms with van der Waals surface area (Å²) in [5.41, 5.74) is 3.38. The fourth-order valence-electron chi connectivity index (χ4n) is 4.19. The largest absolute Gasteiger partial charge is 0.351 e. The van der Waals surface area contributed by atoms with Crippen molar-refractivity contribution < 1.29 is 4.79 Å². The van der Waals surface area contributed by atoms with Gasteiger partial charge in [0.15, 0.2) is 10.8 Å². The van der Waals surface area contributed by atoms with E-state index >= 15 is 0 Å². The predicted octanol–water partition coefficient (Wildman–Crippen LogP) is 4.43. The number of amides is 1. The van der Waals surface area contributed by atoms with E-state index in [-0.39, 0.29) is 5.91 Å². The summed E-state index contributed by atoms with van der Waals surface area (Å²) in [7, 11) is 0. The summed E-state index contributed by atoms with van der Waals surface area (Å²) >= 11 is 3.24. The molecule has 0 saturated carbocycles. The highest BCUT2D eigenvalue weighted by molar-refractivity contribution is 7.99. The average molecular weight is 452 g/mol. The standard InChI is InChI=1S/C23H25N5OS2/c1-3-18-25-22-20(16-10-9-14(2)11-17(16)31-22)21-26-27-23(28(18)21)30-13-19(29)24-12-15-7-5-4-6-8-15/h4-8,14H,3,9-13H2,1-2H3,(H,24,29)/t14-/m1/s1. The first-order valence-electron chi connectivity index (χ1n) is 10.8. The van der Waals surface area contributed by atoms with Gasteiger partial charge in [0.25, 0.3) is 0 Å². The molecule has 0 radical (unpaired) electrons. The summed E-state index contributed by atoms with van der Waals surface area (Å²) in [4.78, 5) is 19.9. The number of carbonyl (C=O) groups excluding carboxylic acids is 1. The smallest absolute Gasteiger partial charge is 0.230 e. The fourth-order valence-corrected chi connectivity index (χ4v) is 6.36. The first kappa shape index (κ1) is 20.5. The van der Waals surface area contributed by atoms with Gasteiger partial charge in [0.05, 0.1) is 11.1 Å². The van der Waals surface area contributed by atoms with Crippen molar-refractivity contribution in [2.24, 2.45) is 5.92 Å². The Labute approximate surface area is 189 Å². The number of nitrogens with zero attached hydrogens (tertiary/aromatic N) is 4. The summed E-state index contributed by atoms with van der Waals surface area (Å²) in [6.45, 7) is 4.95. The predicted molar refractivity (Wildman–Crippen MR) is 126 cm³/mol. The summed E-state index contributed by atoms with van der Waals surface area (Å²) < 4.78 is 2.06. The number of rotatable bonds is 6. The van der Waals surface area contributed by atoms with E-state index in [1.807, 2.05) is 41.7 Å². The molecule has 0 saturated heterocycles. The van der Waals surface area contributed by atoms with E-state index in [0.29, 0.717) is 12.3 Å². The maximum Gasteiger partial charge on any atom is 0.230 e. The third-order valence-electron chi connectivity index (χ3n) is 5.82. The van der Waals surface area contributed by atoms with Gasteiger partial charge in [-0.05, 0) is 36.3 Å². The lowest BCUT2D eigenvalue weighted by Crippen LogP contribution is -2.24. The molecule has 1 aliphatic carbocycles. The first-order valence-corrected chi connectivity index (χ1v) is 12.6. The third-order valence-corrected chi connectivity index (χ3v) is 7.90. The molecule has 1 amide bonds. The number of aryl methyl sites for hydroxylation is 2. The van der Waals surface area contributed by atoms with Gasteiger partial charge in [0.2, 0.25) is 5.91 Å². The van der Waals surface area contributed by atoms with Crippen molar-refractivity contribution in [1.29, 1.82) is 0 Å². The van der Waals surface area contributed by atoms with Gasteiger partial charge in [-0.2, -0.15) is 0 Å². The van der Waals surface area contributed by atoms with Gasteiger partial charge in [-0.3, -0.25) is 9.20 Å². The Bertz CT molecular complexity index is 1250. The molecule has 1 aromatic carbocycles. The molecule has 0 bridgehead atoms. The molecule has 1 aliphatic rings. The molecular weight excluding hydrogens is 426 g/mol. The van der Waals surface area contributed by atoms with Crippen LogP contribution >= 0.6 is 23.1 Å². The van der Waals surface area contributed by atoms with Gasteiger partial charge in [-0.1, -0.05) is 55.9 Å². The van der Waals surface area contributed by atoms with E-state index in [1.165, 1.54) is 28.6 Å². The summed E-state index contributed by atoms with van der Waals surface area (Å²) in [6, 6.07) is 9.93. The summed E-state index contributed by atoms with van der Waals surface area (Å²) in [5, 5.41) is 13.9. The van der Waals surface area contributed by atoms with Crippen LogP contribution in [0.2, 0.25) is 0 Å². The van der Waals surface area contributed by atoms with Crippen molar-refractivity contribution in [1.82, 2.24) is 24.9 Å². The van der Waals surface area contributed by atoms with Crippen LogP contribution in [0.15, 0.2) is 35.5 Å². The number of carbonyl (C=O) groups is 1. The maximum atomic E-state index is 12.4. The molecule has 5 rings (SSSR count). The van der Waals surface area contributed by atoms with Crippen LogP contribution in [0.5, 0.6) is 0 Å². The second kappa shape index (κ2) is 8.59. The molecule has 3 aromatic heterocycles. The first-order chi connectivity index (χ1) is 15.1. The molecule has 4 aromatic rings. The maximum absolute atomic E-state index is 12.4. The minimum absolute atomic E-state index is 0.0143. The zero-order valence-corrected chi connectivity index (χ0v) is 19.4. The Morgan fingerprint density at radius 1 is 1.29 bits per heavy atom. The highest BCUT2D eigenvalue weighted by Gasteiger charge is 2.25. The van der Waals surface area contributed by atoms with Gasteiger partial charge in [-0.15, -0.1) is 21.5 Å². The van der Waals surface area contributed by atoms with Gasteiger partial charge in [0, 0.05) is 17.8 Å². The molecule has 0 spiro atoms. The Morgan fingerprint density at radius 3 is 2.94 bits per heavy atom. The monoisotopic (exact) mass is 451 g/mol. The number of thiophene rings is 1. The fraction of sp³-hybridized carbons (Fsp3) is 0.391. The van der Waals surface area contributed by atoms with Crippen LogP contribution in [0, 0.1) is 5.92 Å². The SMILES string of the molecule is CCc1nc2sc3c(c2c2nnc(SCC(=O)NCc4ccccc4)n12)CC[C@@H](C)C3. The van der Waals surface area contributed by atoms with Gasteiger partial charge in [0.1, 0.15) is 10.7 Å². The van der Waals surface area contributed by atoms with Crippen LogP contribution < -0.4 is 5.32 Å². The highest BCUT2D eigenvalue weighted by atomic mass is 32.2. The summed E-state index contributed by atoms with van der Waals surface area (Å²) in [5.74, 6) is 1.96. The number of benzene rings is 1. The summed E-state index contributed by atoms with van der Waals surface area (Å²) in [6.07, 6.45) is 4.20. The lowest BCUT2D eigenvalue weighted by Gasteiger charge is -2.17. The normalized spacial score (nSPS) is 16.0. The zero-order valence-electron chi connectivity index (χ0n) is 17.7. The number of aromatic nitrogens is 4. The molecule has 0 fully saturated rings. The Hall–Kier alpha value is -2.45. The number of thioether (sulfide) groups is 1. The van der Waals surface area contributed by atoms with Crippen LogP contribution in [0.4, 0.5) is 0 Å². The van der Waals surface area contributed by atoms with E-state index in [2.05, 4.69) is 33.8 Å². The van der Waals surface area contributed by atoms with Crippen molar-refractivity contribution in [2.45, 2.75) is 51.2 Å². The third kappa shape index (κ3) is 3.94. The van der Waals surface area contributed by atoms with E-state index in [4.69, 9.17) is 4.98 Å². The second-order valence-corrected chi connectivity index (χ2v) is 10.1. The molecule has 1 N–H and O–H groups in total. The number of hydrogen-bond donors (Lipinski definition) is 1. The van der Waals surface area contributed by atoms with E-state index in [1.54, 1.807) is 0 Å². The van der Waals surface area contributed by atoms with E-state index < -0.39 is 0 Å². The molecule has 160 valence electrons. The molecule has 0 aliphatic heterocycles. The van der Waals surface area contributed by atoms with Crippen LogP contribution in [-0.2, 0) is 30.6 Å². The van der Waals surface area contributed by atoms with Crippen LogP contribution in [0.1, 0.15) is 42.1 Å². The van der Waals surface area contributed by atoms with Gasteiger partial charge < -0.3 is 5.32 Å². The Balaban J connectivity index is 1.40. The van der Waals surface area contributed by atoms with Crippen molar-refractivity contribution in [3.63, 3.8) is 0 Å². The minimum atomic E-state index is -0.0143. The van der Waals surface area contributed by atoms with Crippen molar-refractivity contribution in [3.8, 4) is 0 Å². The molecule has 31 heavy (non-hydrogen) atoms. The van der Waals surface area contributed by atoms with E-state index in [0.717, 1.165) is 57.6 Å². The molecule has 8 heteroatoms. The van der Waals surface area contributed by atoms with Crippen LogP contribution in [-0.4, -0.2) is 31.2 Å². The lowest BCUT2D eigenvalue weighted by molar-refractivity contribution is -0.118. The number of nitrogens with one attached hydrogen (secondary N) is 1. The minimum Gasteiger partial charge on any atom is -0.351 e. The van der Waals surface area contributed by atoms with Crippen molar-refractivity contribution in [3.05, 3.63) is 52.2 Å². The van der Waals surface area contributed by atoms with Crippen LogP contribution in [0.3, 0.4) is 0 Å². The van der Waals surface area contributed by atoms with Crippen molar-refractivity contribution in [2.75, 3.05) is 5.75 Å². The van der Waals surface area contributed by atoms with Crippen LogP contribution in [0.25, 0.3) is 15.9 Å². The second-order valence-electron chi connectivity index (χ2n) is 8.11. The molecule has 0 unspecified atom stereocenters. The number of fused-ring (bicyclic) bond motifs is 5. The zero-order chi connectivity index (χ0) is 21.4. The van der Waals surface area contributed by atoms with Gasteiger partial charge >= 0.3 is 0 Å². The molecule has 6 nitrogen and oxygen atoms in total. The molecule has 1 atom stereocenters. The number of hydrogen-bond acceptors (Lipinski definition) is 6. The van der Waals surface area contributed by atoms with Crippen molar-refractivity contribution >= 4 is 44.9 Å². The highest BCUT2D eigenvalue weighted by Crippen LogP contribution is 2.39.